The lowest BCUT2D eigenvalue weighted by Crippen LogP contribution is -2.48. The van der Waals surface area contributed by atoms with Crippen molar-refractivity contribution in [3.05, 3.63) is 51.6 Å². The standard InChI is InChI=1S/C18H22BrFN4S.HI/c1-21-18(22-12-13-11-14(20)4-5-16(13)19)23-15-6-8-24(9-7-15)17-3-2-10-25-17;/h2-5,10-11,15H,6-9,12H2,1H3,(H2,21,22,23);1H. The molecule has 1 aliphatic rings. The van der Waals surface area contributed by atoms with Gasteiger partial charge in [0.2, 0.25) is 0 Å². The van der Waals surface area contributed by atoms with Crippen molar-refractivity contribution in [2.45, 2.75) is 25.4 Å². The minimum Gasteiger partial charge on any atom is -0.363 e. The van der Waals surface area contributed by atoms with Gasteiger partial charge >= 0.3 is 0 Å². The van der Waals surface area contributed by atoms with Crippen LogP contribution in [0.5, 0.6) is 0 Å². The molecule has 1 saturated heterocycles. The Hall–Kier alpha value is -0.870. The van der Waals surface area contributed by atoms with Crippen molar-refractivity contribution in [3.63, 3.8) is 0 Å². The molecule has 1 aliphatic heterocycles. The minimum atomic E-state index is -0.233. The molecular weight excluding hydrogens is 530 g/mol. The summed E-state index contributed by atoms with van der Waals surface area (Å²) in [6.45, 7) is 2.61. The lowest BCUT2D eigenvalue weighted by molar-refractivity contribution is 0.462. The molecule has 26 heavy (non-hydrogen) atoms. The molecule has 3 rings (SSSR count). The SMILES string of the molecule is CN=C(NCc1cc(F)ccc1Br)NC1CCN(c2cccs2)CC1.I. The number of halogens is 3. The molecule has 0 unspecified atom stereocenters. The van der Waals surface area contributed by atoms with Gasteiger partial charge in [-0.2, -0.15) is 0 Å². The summed E-state index contributed by atoms with van der Waals surface area (Å²) in [5.41, 5.74) is 0.871. The van der Waals surface area contributed by atoms with Crippen molar-refractivity contribution in [3.8, 4) is 0 Å². The number of hydrogen-bond acceptors (Lipinski definition) is 3. The predicted molar refractivity (Wildman–Crippen MR) is 122 cm³/mol. The van der Waals surface area contributed by atoms with Crippen LogP contribution < -0.4 is 15.5 Å². The lowest BCUT2D eigenvalue weighted by Gasteiger charge is -2.33. The average Bonchev–Trinajstić information content (AvgIpc) is 3.16. The fourth-order valence-electron chi connectivity index (χ4n) is 2.94. The molecule has 0 bridgehead atoms. The van der Waals surface area contributed by atoms with E-state index in [0.717, 1.165) is 41.9 Å². The Bertz CT molecular complexity index is 718. The normalized spacial score (nSPS) is 15.5. The third-order valence-electron chi connectivity index (χ3n) is 4.33. The van der Waals surface area contributed by atoms with Gasteiger partial charge in [-0.3, -0.25) is 4.99 Å². The summed E-state index contributed by atoms with van der Waals surface area (Å²) in [4.78, 5) is 6.73. The summed E-state index contributed by atoms with van der Waals surface area (Å²) in [5.74, 6) is 0.523. The molecule has 0 aliphatic carbocycles. The largest absolute Gasteiger partial charge is 0.363 e. The molecule has 8 heteroatoms. The second-order valence-corrected chi connectivity index (χ2v) is 7.80. The summed E-state index contributed by atoms with van der Waals surface area (Å²) in [5, 5.41) is 10.2. The number of nitrogens with zero attached hydrogens (tertiary/aromatic N) is 2. The van der Waals surface area contributed by atoms with Crippen molar-refractivity contribution < 1.29 is 4.39 Å². The molecule has 0 amide bonds. The number of guanidine groups is 1. The zero-order chi connectivity index (χ0) is 17.6. The van der Waals surface area contributed by atoms with E-state index < -0.39 is 0 Å². The Morgan fingerprint density at radius 1 is 1.35 bits per heavy atom. The van der Waals surface area contributed by atoms with Crippen LogP contribution in [0.25, 0.3) is 0 Å². The van der Waals surface area contributed by atoms with Crippen LogP contribution in [-0.4, -0.2) is 32.1 Å². The van der Waals surface area contributed by atoms with Gasteiger partial charge in [0.1, 0.15) is 5.82 Å². The smallest absolute Gasteiger partial charge is 0.191 e. The quantitative estimate of drug-likeness (QED) is 0.331. The number of piperidine rings is 1. The summed E-state index contributed by atoms with van der Waals surface area (Å²) in [7, 11) is 1.76. The van der Waals surface area contributed by atoms with Crippen LogP contribution in [0.2, 0.25) is 0 Å². The topological polar surface area (TPSA) is 39.7 Å². The van der Waals surface area contributed by atoms with E-state index in [1.54, 1.807) is 24.5 Å². The number of hydrogen-bond donors (Lipinski definition) is 2. The molecule has 4 nitrogen and oxygen atoms in total. The van der Waals surface area contributed by atoms with Crippen molar-refractivity contribution in [1.29, 1.82) is 0 Å². The Morgan fingerprint density at radius 2 is 2.12 bits per heavy atom. The zero-order valence-electron chi connectivity index (χ0n) is 14.5. The molecule has 0 spiro atoms. The highest BCUT2D eigenvalue weighted by Gasteiger charge is 2.20. The summed E-state index contributed by atoms with van der Waals surface area (Å²) in [6.07, 6.45) is 2.14. The number of thiophene rings is 1. The number of aliphatic imine (C=N–C) groups is 1. The van der Waals surface area contributed by atoms with Crippen molar-refractivity contribution >= 4 is 62.2 Å². The molecule has 0 radical (unpaired) electrons. The van der Waals surface area contributed by atoms with Gasteiger partial charge in [-0.25, -0.2) is 4.39 Å². The molecular formula is C18H23BrFIN4S. The first-order valence-corrected chi connectivity index (χ1v) is 10.0. The Labute approximate surface area is 183 Å². The van der Waals surface area contributed by atoms with Gasteiger partial charge in [-0.05, 0) is 54.1 Å². The van der Waals surface area contributed by atoms with Gasteiger partial charge in [0.15, 0.2) is 5.96 Å². The van der Waals surface area contributed by atoms with E-state index in [4.69, 9.17) is 0 Å². The number of nitrogens with one attached hydrogen (secondary N) is 2. The van der Waals surface area contributed by atoms with Crippen molar-refractivity contribution in [1.82, 2.24) is 10.6 Å². The fraction of sp³-hybridized carbons (Fsp3) is 0.389. The highest BCUT2D eigenvalue weighted by Crippen LogP contribution is 2.24. The van der Waals surface area contributed by atoms with Gasteiger partial charge in [-0.1, -0.05) is 15.9 Å². The Morgan fingerprint density at radius 3 is 2.77 bits per heavy atom. The van der Waals surface area contributed by atoms with Crippen LogP contribution in [-0.2, 0) is 6.54 Å². The molecule has 1 aromatic carbocycles. The van der Waals surface area contributed by atoms with E-state index in [2.05, 4.69) is 54.0 Å². The van der Waals surface area contributed by atoms with Gasteiger partial charge in [-0.15, -0.1) is 35.3 Å². The molecule has 1 fully saturated rings. The van der Waals surface area contributed by atoms with E-state index in [1.165, 1.54) is 17.1 Å². The maximum absolute atomic E-state index is 13.4. The van der Waals surface area contributed by atoms with Crippen molar-refractivity contribution in [2.75, 3.05) is 25.0 Å². The van der Waals surface area contributed by atoms with E-state index in [9.17, 15) is 4.39 Å². The molecule has 2 N–H and O–H groups in total. The van der Waals surface area contributed by atoms with Crippen LogP contribution in [0.1, 0.15) is 18.4 Å². The van der Waals surface area contributed by atoms with Crippen LogP contribution in [0.4, 0.5) is 9.39 Å². The average molecular weight is 553 g/mol. The van der Waals surface area contributed by atoms with Gasteiger partial charge in [0.25, 0.3) is 0 Å². The summed E-state index contributed by atoms with van der Waals surface area (Å²) >= 11 is 5.25. The maximum atomic E-state index is 13.4. The number of anilines is 1. The first kappa shape index (κ1) is 21.4. The van der Waals surface area contributed by atoms with Gasteiger partial charge < -0.3 is 15.5 Å². The first-order valence-electron chi connectivity index (χ1n) is 8.35. The molecule has 2 heterocycles. The second kappa shape index (κ2) is 10.5. The van der Waals surface area contributed by atoms with Crippen LogP contribution in [0.3, 0.4) is 0 Å². The van der Waals surface area contributed by atoms with E-state index >= 15 is 0 Å². The fourth-order valence-corrected chi connectivity index (χ4v) is 4.11. The monoisotopic (exact) mass is 552 g/mol. The minimum absolute atomic E-state index is 0. The summed E-state index contributed by atoms with van der Waals surface area (Å²) < 4.78 is 14.3. The van der Waals surface area contributed by atoms with Crippen LogP contribution in [0, 0.1) is 5.82 Å². The van der Waals surface area contributed by atoms with Crippen LogP contribution >= 0.6 is 51.2 Å². The Kier molecular flexibility index (Phi) is 8.62. The van der Waals surface area contributed by atoms with E-state index in [1.807, 2.05) is 0 Å². The third kappa shape index (κ3) is 5.82. The molecule has 142 valence electrons. The molecule has 2 aromatic rings. The number of rotatable bonds is 4. The molecule has 0 atom stereocenters. The first-order chi connectivity index (χ1) is 12.2. The molecule has 1 aromatic heterocycles. The highest BCUT2D eigenvalue weighted by molar-refractivity contribution is 14.0. The van der Waals surface area contributed by atoms with E-state index in [0.29, 0.717) is 12.6 Å². The molecule has 0 saturated carbocycles. The van der Waals surface area contributed by atoms with E-state index in [-0.39, 0.29) is 29.8 Å². The Balaban J connectivity index is 0.00000243. The maximum Gasteiger partial charge on any atom is 0.191 e. The zero-order valence-corrected chi connectivity index (χ0v) is 19.3. The van der Waals surface area contributed by atoms with Crippen molar-refractivity contribution in [2.24, 2.45) is 4.99 Å². The summed E-state index contributed by atoms with van der Waals surface area (Å²) in [6, 6.07) is 9.38. The predicted octanol–water partition coefficient (Wildman–Crippen LogP) is 4.60. The number of benzene rings is 1. The van der Waals surface area contributed by atoms with Gasteiger partial charge in [0.05, 0.1) is 5.00 Å². The lowest BCUT2D eigenvalue weighted by atomic mass is 10.1. The third-order valence-corrected chi connectivity index (χ3v) is 6.03. The highest BCUT2D eigenvalue weighted by atomic mass is 127. The van der Waals surface area contributed by atoms with Gasteiger partial charge in [0, 0.05) is 37.2 Å². The second-order valence-electron chi connectivity index (χ2n) is 6.02. The van der Waals surface area contributed by atoms with Crippen LogP contribution in [0.15, 0.2) is 45.2 Å².